The molecule has 0 aliphatic carbocycles. The fourth-order valence-corrected chi connectivity index (χ4v) is 5.52. The van der Waals surface area contributed by atoms with E-state index in [0.717, 1.165) is 0 Å². The van der Waals surface area contributed by atoms with Crippen molar-refractivity contribution in [3.63, 3.8) is 0 Å². The first-order valence-corrected chi connectivity index (χ1v) is 11.3. The summed E-state index contributed by atoms with van der Waals surface area (Å²) in [4.78, 5) is 42.3. The van der Waals surface area contributed by atoms with E-state index in [-0.39, 0.29) is 29.0 Å². The Hall–Kier alpha value is -3.14. The first-order chi connectivity index (χ1) is 14.8. The zero-order chi connectivity index (χ0) is 21.9. The number of hydrogen-bond acceptors (Lipinski definition) is 6. The van der Waals surface area contributed by atoms with Crippen LogP contribution in [0, 0.1) is 11.8 Å². The fourth-order valence-electron chi connectivity index (χ4n) is 4.93. The van der Waals surface area contributed by atoms with Crippen molar-refractivity contribution in [3.8, 4) is 0 Å². The van der Waals surface area contributed by atoms with Crippen molar-refractivity contribution in [2.45, 2.75) is 23.5 Å². The molecule has 3 aliphatic heterocycles. The number of nitrogens with zero attached hydrogens (tertiary/aromatic N) is 2. The number of rotatable bonds is 4. The molecule has 2 unspecified atom stereocenters. The molecule has 2 bridgehead atoms. The number of carbonyl (C=O) groups is 3. The van der Waals surface area contributed by atoms with Crippen LogP contribution in [0.15, 0.2) is 71.6 Å². The average Bonchev–Trinajstić information content (AvgIpc) is 3.12. The molecule has 2 saturated heterocycles. The molecule has 9 heteroatoms. The maximum absolute atomic E-state index is 13.3. The molecule has 3 heterocycles. The van der Waals surface area contributed by atoms with Crippen LogP contribution < -0.4 is 10.0 Å². The molecule has 8 nitrogen and oxygen atoms in total. The lowest BCUT2D eigenvalue weighted by Gasteiger charge is -2.33. The van der Waals surface area contributed by atoms with Crippen LogP contribution in [0.2, 0.25) is 0 Å². The molecule has 5 rings (SSSR count). The third-order valence-corrected chi connectivity index (χ3v) is 7.11. The fraction of sp³-hybridized carbons (Fsp3) is 0.227. The summed E-state index contributed by atoms with van der Waals surface area (Å²) in [7, 11) is -3.87. The summed E-state index contributed by atoms with van der Waals surface area (Å²) >= 11 is 0. The molecule has 2 aromatic carbocycles. The van der Waals surface area contributed by atoms with E-state index >= 15 is 0 Å². The predicted octanol–water partition coefficient (Wildman–Crippen LogP) is 0.831. The summed E-state index contributed by atoms with van der Waals surface area (Å²) in [5.41, 5.74) is 1.12. The third-order valence-electron chi connectivity index (χ3n) is 6.20. The van der Waals surface area contributed by atoms with Crippen LogP contribution in [-0.2, 0) is 31.0 Å². The average molecular weight is 437 g/mol. The smallest absolute Gasteiger partial charge is 0.239 e. The van der Waals surface area contributed by atoms with Crippen LogP contribution >= 0.6 is 0 Å². The minimum atomic E-state index is -3.87. The summed E-state index contributed by atoms with van der Waals surface area (Å²) in [5.74, 6) is -2.38. The maximum atomic E-state index is 13.3. The molecule has 158 valence electrons. The largest absolute Gasteiger partial charge is 0.293 e. The van der Waals surface area contributed by atoms with Gasteiger partial charge >= 0.3 is 0 Å². The van der Waals surface area contributed by atoms with Gasteiger partial charge in [0.25, 0.3) is 0 Å². The van der Waals surface area contributed by atoms with Crippen molar-refractivity contribution < 1.29 is 22.8 Å². The minimum absolute atomic E-state index is 0.0289. The van der Waals surface area contributed by atoms with Crippen LogP contribution in [0.3, 0.4) is 0 Å². The van der Waals surface area contributed by atoms with Gasteiger partial charge in [-0.1, -0.05) is 36.4 Å². The maximum Gasteiger partial charge on any atom is 0.239 e. The highest BCUT2D eigenvalue weighted by Crippen LogP contribution is 2.47. The first kappa shape index (κ1) is 19.8. The van der Waals surface area contributed by atoms with Gasteiger partial charge in [0.1, 0.15) is 0 Å². The Morgan fingerprint density at radius 2 is 1.61 bits per heavy atom. The normalized spacial score (nSPS) is 27.8. The Morgan fingerprint density at radius 3 is 2.32 bits per heavy atom. The van der Waals surface area contributed by atoms with Crippen molar-refractivity contribution in [1.82, 2.24) is 4.90 Å². The summed E-state index contributed by atoms with van der Waals surface area (Å²) < 4.78 is 23.4. The highest BCUT2D eigenvalue weighted by molar-refractivity contribution is 7.89. The van der Waals surface area contributed by atoms with Gasteiger partial charge in [-0.05, 0) is 35.9 Å². The lowest BCUT2D eigenvalue weighted by Crippen LogP contribution is -2.48. The molecular weight excluding hydrogens is 418 g/mol. The van der Waals surface area contributed by atoms with Crippen molar-refractivity contribution in [2.75, 3.05) is 4.90 Å². The van der Waals surface area contributed by atoms with E-state index in [0.29, 0.717) is 11.3 Å². The van der Waals surface area contributed by atoms with Gasteiger partial charge in [0.2, 0.25) is 21.8 Å². The Bertz CT molecular complexity index is 1240. The SMILES string of the molecule is NS(=O)(=O)c1cccc(CN2C3C(=O)C=C[C@H]2[C@@H]2C(=O)N(c4ccccc4)C(=O)C32)c1. The number of nitrogens with two attached hydrogens (primary N) is 1. The number of benzene rings is 2. The monoisotopic (exact) mass is 437 g/mol. The van der Waals surface area contributed by atoms with Crippen LogP contribution in [0.25, 0.3) is 0 Å². The second-order valence-electron chi connectivity index (χ2n) is 7.96. The molecule has 3 aliphatic rings. The molecule has 2 fully saturated rings. The molecule has 2 amide bonds. The van der Waals surface area contributed by atoms with Crippen LogP contribution in [0.1, 0.15) is 5.56 Å². The number of carbonyl (C=O) groups excluding carboxylic acids is 3. The van der Waals surface area contributed by atoms with E-state index < -0.39 is 33.9 Å². The number of ketones is 1. The molecule has 0 aromatic heterocycles. The van der Waals surface area contributed by atoms with Crippen molar-refractivity contribution in [2.24, 2.45) is 17.0 Å². The second kappa shape index (κ2) is 6.94. The highest BCUT2D eigenvalue weighted by atomic mass is 32.2. The van der Waals surface area contributed by atoms with Crippen molar-refractivity contribution >= 4 is 33.3 Å². The Labute approximate surface area is 179 Å². The lowest BCUT2D eigenvalue weighted by atomic mass is 9.90. The second-order valence-corrected chi connectivity index (χ2v) is 9.52. The first-order valence-electron chi connectivity index (χ1n) is 9.80. The molecule has 0 spiro atoms. The van der Waals surface area contributed by atoms with E-state index in [9.17, 15) is 22.8 Å². The van der Waals surface area contributed by atoms with Gasteiger partial charge in [-0.15, -0.1) is 0 Å². The molecule has 0 saturated carbocycles. The molecule has 4 atom stereocenters. The molecule has 2 aromatic rings. The molecule has 2 N–H and O–H groups in total. The molecule has 0 radical (unpaired) electrons. The van der Waals surface area contributed by atoms with Gasteiger partial charge in [-0.2, -0.15) is 0 Å². The van der Waals surface area contributed by atoms with Gasteiger partial charge in [-0.25, -0.2) is 18.5 Å². The van der Waals surface area contributed by atoms with Gasteiger partial charge < -0.3 is 0 Å². The number of imide groups is 1. The Balaban J connectivity index is 1.50. The van der Waals surface area contributed by atoms with E-state index in [2.05, 4.69) is 0 Å². The third kappa shape index (κ3) is 3.04. The van der Waals surface area contributed by atoms with Gasteiger partial charge in [0, 0.05) is 12.6 Å². The number of amides is 2. The van der Waals surface area contributed by atoms with Crippen molar-refractivity contribution in [3.05, 3.63) is 72.3 Å². The van der Waals surface area contributed by atoms with Crippen LogP contribution in [0.5, 0.6) is 0 Å². The standard InChI is InChI=1S/C22H19N3O5S/c23-31(29,30)15-8-4-5-13(11-15)12-24-16-9-10-17(26)20(24)19-18(16)21(27)25(22(19)28)14-6-2-1-3-7-14/h1-11,16,18-20H,12H2,(H2,23,29,30)/t16-,18-,19?,20?/m0/s1. The van der Waals surface area contributed by atoms with Gasteiger partial charge in [0.15, 0.2) is 5.78 Å². The number of para-hydroxylation sites is 1. The minimum Gasteiger partial charge on any atom is -0.293 e. The lowest BCUT2D eigenvalue weighted by molar-refractivity contribution is -0.129. The van der Waals surface area contributed by atoms with Gasteiger partial charge in [0.05, 0.1) is 28.5 Å². The van der Waals surface area contributed by atoms with Crippen LogP contribution in [-0.4, -0.2) is 43.0 Å². The highest BCUT2D eigenvalue weighted by Gasteiger charge is 2.64. The summed E-state index contributed by atoms with van der Waals surface area (Å²) in [6.45, 7) is 0.216. The number of fused-ring (bicyclic) bond motifs is 5. The number of primary sulfonamides is 1. The number of anilines is 1. The van der Waals surface area contributed by atoms with E-state index in [4.69, 9.17) is 5.14 Å². The summed E-state index contributed by atoms with van der Waals surface area (Å²) in [6.07, 6.45) is 3.12. The topological polar surface area (TPSA) is 118 Å². The molecule has 31 heavy (non-hydrogen) atoms. The number of sulfonamides is 1. The van der Waals surface area contributed by atoms with E-state index in [1.807, 2.05) is 4.90 Å². The number of hydrogen-bond donors (Lipinski definition) is 1. The zero-order valence-corrected chi connectivity index (χ0v) is 17.1. The van der Waals surface area contributed by atoms with E-state index in [1.54, 1.807) is 48.5 Å². The molecular formula is C22H19N3O5S. The van der Waals surface area contributed by atoms with Crippen molar-refractivity contribution in [1.29, 1.82) is 0 Å². The summed E-state index contributed by atoms with van der Waals surface area (Å²) in [5, 5.41) is 5.23. The zero-order valence-electron chi connectivity index (χ0n) is 16.3. The Kier molecular flexibility index (Phi) is 4.44. The van der Waals surface area contributed by atoms with E-state index in [1.165, 1.54) is 23.1 Å². The van der Waals surface area contributed by atoms with Gasteiger partial charge in [-0.3, -0.25) is 19.3 Å². The predicted molar refractivity (Wildman–Crippen MR) is 111 cm³/mol. The van der Waals surface area contributed by atoms with Crippen LogP contribution in [0.4, 0.5) is 5.69 Å². The summed E-state index contributed by atoms with van der Waals surface area (Å²) in [6, 6.07) is 13.6. The quantitative estimate of drug-likeness (QED) is 0.708. The Morgan fingerprint density at radius 1 is 0.903 bits per heavy atom.